The van der Waals surface area contributed by atoms with Gasteiger partial charge in [-0.2, -0.15) is 0 Å². The van der Waals surface area contributed by atoms with E-state index in [0.29, 0.717) is 0 Å². The van der Waals surface area contributed by atoms with Crippen LogP contribution in [0.15, 0.2) is 23.1 Å². The van der Waals surface area contributed by atoms with Crippen molar-refractivity contribution in [3.63, 3.8) is 0 Å². The van der Waals surface area contributed by atoms with Crippen molar-refractivity contribution in [2.24, 2.45) is 0 Å². The van der Waals surface area contributed by atoms with E-state index in [4.69, 9.17) is 0 Å². The van der Waals surface area contributed by atoms with Crippen LogP contribution in [-0.4, -0.2) is 12.9 Å². The maximum absolute atomic E-state index is 3.29. The molecule has 0 aliphatic carbocycles. The van der Waals surface area contributed by atoms with E-state index in [2.05, 4.69) is 28.8 Å². The van der Waals surface area contributed by atoms with Gasteiger partial charge >= 0.3 is 0 Å². The summed E-state index contributed by atoms with van der Waals surface area (Å²) in [5.74, 6) is 1.00. The summed E-state index contributed by atoms with van der Waals surface area (Å²) in [6.45, 7) is 4.00. The van der Waals surface area contributed by atoms with E-state index in [-0.39, 0.29) is 0 Å². The molecule has 1 heterocycles. The summed E-state index contributed by atoms with van der Waals surface area (Å²) < 4.78 is 0. The van der Waals surface area contributed by atoms with Gasteiger partial charge in [0, 0.05) is 23.3 Å². The molecular weight excluding hydrogens is 180 g/mol. The summed E-state index contributed by atoms with van der Waals surface area (Å²) in [5, 5.41) is 6.40. The average Bonchev–Trinajstić information content (AvgIpc) is 2.67. The summed E-state index contributed by atoms with van der Waals surface area (Å²) in [5.41, 5.74) is 2.44. The molecule has 2 N–H and O–H groups in total. The first-order chi connectivity index (χ1) is 6.40. The first kappa shape index (κ1) is 10.3. The second kappa shape index (κ2) is 5.02. The van der Waals surface area contributed by atoms with Gasteiger partial charge in [0.15, 0.2) is 0 Å². The van der Waals surface area contributed by atoms with Crippen LogP contribution in [0.3, 0.4) is 0 Å². The first-order valence-corrected chi connectivity index (χ1v) is 5.57. The number of anilines is 2. The highest BCUT2D eigenvalue weighted by atomic mass is 32.2. The maximum atomic E-state index is 3.29. The lowest BCUT2D eigenvalue weighted by molar-refractivity contribution is 1.40. The molecule has 0 radical (unpaired) electrons. The zero-order chi connectivity index (χ0) is 9.68. The molecule has 0 atom stereocenters. The predicted octanol–water partition coefficient (Wildman–Crippen LogP) is 3.23. The van der Waals surface area contributed by atoms with E-state index in [1.165, 1.54) is 16.3 Å². The molecule has 0 aromatic heterocycles. The number of fused-ring (bicyclic) bond motifs is 1. The average molecular weight is 196 g/mol. The van der Waals surface area contributed by atoms with Crippen LogP contribution in [0, 0.1) is 0 Å². The van der Waals surface area contributed by atoms with Crippen molar-refractivity contribution in [1.29, 1.82) is 0 Å². The quantitative estimate of drug-likeness (QED) is 0.721. The monoisotopic (exact) mass is 196 g/mol. The Labute approximate surface area is 84.1 Å². The van der Waals surface area contributed by atoms with E-state index in [9.17, 15) is 0 Å². The Morgan fingerprint density at radius 2 is 2.15 bits per heavy atom. The SMILES string of the molecule is CC.CNc1ccc2c(c1)SCN2. The van der Waals surface area contributed by atoms with Crippen molar-refractivity contribution >= 4 is 23.1 Å². The summed E-state index contributed by atoms with van der Waals surface area (Å²) in [4.78, 5) is 1.34. The second-order valence-electron chi connectivity index (χ2n) is 2.43. The van der Waals surface area contributed by atoms with Gasteiger partial charge in [-0.1, -0.05) is 13.8 Å². The molecule has 2 rings (SSSR count). The topological polar surface area (TPSA) is 24.1 Å². The smallest absolute Gasteiger partial charge is 0.0658 e. The molecule has 13 heavy (non-hydrogen) atoms. The fourth-order valence-electron chi connectivity index (χ4n) is 1.13. The van der Waals surface area contributed by atoms with Gasteiger partial charge in [-0.15, -0.1) is 11.8 Å². The molecule has 0 bridgehead atoms. The van der Waals surface area contributed by atoms with Crippen molar-refractivity contribution in [1.82, 2.24) is 0 Å². The molecular formula is C10H16N2S. The first-order valence-electron chi connectivity index (χ1n) is 4.58. The van der Waals surface area contributed by atoms with Crippen LogP contribution >= 0.6 is 11.8 Å². The third-order valence-electron chi connectivity index (χ3n) is 1.76. The predicted molar refractivity (Wildman–Crippen MR) is 61.7 cm³/mol. The van der Waals surface area contributed by atoms with Crippen LogP contribution in [0.25, 0.3) is 0 Å². The highest BCUT2D eigenvalue weighted by Crippen LogP contribution is 2.35. The number of hydrogen-bond donors (Lipinski definition) is 2. The molecule has 0 saturated carbocycles. The van der Waals surface area contributed by atoms with E-state index < -0.39 is 0 Å². The molecule has 72 valence electrons. The van der Waals surface area contributed by atoms with Crippen LogP contribution in [-0.2, 0) is 0 Å². The third-order valence-corrected chi connectivity index (χ3v) is 2.70. The van der Waals surface area contributed by atoms with Gasteiger partial charge in [0.25, 0.3) is 0 Å². The summed E-state index contributed by atoms with van der Waals surface area (Å²) in [7, 11) is 1.94. The molecule has 3 heteroatoms. The lowest BCUT2D eigenvalue weighted by Gasteiger charge is -2.01. The van der Waals surface area contributed by atoms with Crippen molar-refractivity contribution in [2.75, 3.05) is 23.6 Å². The second-order valence-corrected chi connectivity index (χ2v) is 3.44. The summed E-state index contributed by atoms with van der Waals surface area (Å²) in [6.07, 6.45) is 0. The molecule has 0 saturated heterocycles. The van der Waals surface area contributed by atoms with Gasteiger partial charge in [0.05, 0.1) is 5.88 Å². The standard InChI is InChI=1S/C8H10N2S.C2H6/c1-9-6-2-3-7-8(4-6)11-5-10-7;1-2/h2-4,9-10H,5H2,1H3;1-2H3. The fourth-order valence-corrected chi connectivity index (χ4v) is 2.02. The zero-order valence-corrected chi connectivity index (χ0v) is 9.16. The number of thioether (sulfide) groups is 1. The van der Waals surface area contributed by atoms with Crippen LogP contribution < -0.4 is 10.6 Å². The summed E-state index contributed by atoms with van der Waals surface area (Å²) in [6, 6.07) is 6.36. The van der Waals surface area contributed by atoms with Crippen LogP contribution in [0.2, 0.25) is 0 Å². The Morgan fingerprint density at radius 3 is 2.85 bits per heavy atom. The van der Waals surface area contributed by atoms with Crippen LogP contribution in [0.1, 0.15) is 13.8 Å². The molecule has 0 fully saturated rings. The Kier molecular flexibility index (Phi) is 3.96. The Morgan fingerprint density at radius 1 is 1.38 bits per heavy atom. The maximum Gasteiger partial charge on any atom is 0.0658 e. The molecule has 2 nitrogen and oxygen atoms in total. The minimum Gasteiger partial charge on any atom is -0.388 e. The number of hydrogen-bond acceptors (Lipinski definition) is 3. The van der Waals surface area contributed by atoms with E-state index >= 15 is 0 Å². The highest BCUT2D eigenvalue weighted by molar-refractivity contribution is 7.99. The van der Waals surface area contributed by atoms with Crippen molar-refractivity contribution in [3.05, 3.63) is 18.2 Å². The third kappa shape index (κ3) is 2.31. The largest absolute Gasteiger partial charge is 0.388 e. The summed E-state index contributed by atoms with van der Waals surface area (Å²) >= 11 is 1.85. The fraction of sp³-hybridized carbons (Fsp3) is 0.400. The lowest BCUT2D eigenvalue weighted by atomic mass is 10.3. The van der Waals surface area contributed by atoms with Crippen LogP contribution in [0.5, 0.6) is 0 Å². The minimum absolute atomic E-state index is 1.00. The van der Waals surface area contributed by atoms with Gasteiger partial charge < -0.3 is 10.6 Å². The Bertz CT molecular complexity index is 274. The van der Waals surface area contributed by atoms with Crippen molar-refractivity contribution in [3.8, 4) is 0 Å². The van der Waals surface area contributed by atoms with Gasteiger partial charge in [-0.05, 0) is 18.2 Å². The molecule has 1 aliphatic rings. The lowest BCUT2D eigenvalue weighted by Crippen LogP contribution is -1.89. The van der Waals surface area contributed by atoms with Crippen molar-refractivity contribution in [2.45, 2.75) is 18.7 Å². The molecule has 0 unspecified atom stereocenters. The Hall–Kier alpha value is -0.830. The molecule has 1 aromatic carbocycles. The normalized spacial score (nSPS) is 12.2. The van der Waals surface area contributed by atoms with E-state index in [1.807, 2.05) is 32.7 Å². The van der Waals surface area contributed by atoms with Gasteiger partial charge in [-0.25, -0.2) is 0 Å². The van der Waals surface area contributed by atoms with E-state index in [0.717, 1.165) is 5.88 Å². The molecule has 0 amide bonds. The van der Waals surface area contributed by atoms with Crippen molar-refractivity contribution < 1.29 is 0 Å². The van der Waals surface area contributed by atoms with Crippen LogP contribution in [0.4, 0.5) is 11.4 Å². The number of nitrogens with one attached hydrogen (secondary N) is 2. The number of rotatable bonds is 1. The Balaban J connectivity index is 0.000000396. The number of benzene rings is 1. The molecule has 1 aliphatic heterocycles. The van der Waals surface area contributed by atoms with Gasteiger partial charge in [-0.3, -0.25) is 0 Å². The minimum atomic E-state index is 1.00. The van der Waals surface area contributed by atoms with Gasteiger partial charge in [0.2, 0.25) is 0 Å². The van der Waals surface area contributed by atoms with E-state index in [1.54, 1.807) is 0 Å². The zero-order valence-electron chi connectivity index (χ0n) is 8.35. The molecule has 1 aromatic rings. The molecule has 0 spiro atoms. The van der Waals surface area contributed by atoms with Gasteiger partial charge in [0.1, 0.15) is 0 Å². The highest BCUT2D eigenvalue weighted by Gasteiger charge is 2.09.